The number of rotatable bonds is 6. The zero-order valence-corrected chi connectivity index (χ0v) is 25.8. The van der Waals surface area contributed by atoms with Crippen LogP contribution in [0.5, 0.6) is 0 Å². The lowest BCUT2D eigenvalue weighted by Crippen LogP contribution is -2.67. The van der Waals surface area contributed by atoms with E-state index in [2.05, 4.69) is 48.1 Å². The van der Waals surface area contributed by atoms with Gasteiger partial charge in [0.05, 0.1) is 18.3 Å². The molecular weight excluding hydrogens is 502 g/mol. The maximum atomic E-state index is 13.1. The van der Waals surface area contributed by atoms with E-state index >= 15 is 0 Å². The van der Waals surface area contributed by atoms with Crippen molar-refractivity contribution < 1.29 is 24.2 Å². The molecule has 0 saturated heterocycles. The number of hydrogen-bond donors (Lipinski definition) is 2. The fourth-order valence-electron chi connectivity index (χ4n) is 12.2. The Kier molecular flexibility index (Phi) is 7.11. The lowest BCUT2D eigenvalue weighted by Gasteiger charge is -2.72. The summed E-state index contributed by atoms with van der Waals surface area (Å²) in [5.74, 6) is 0.757. The molecule has 0 aromatic heterocycles. The van der Waals surface area contributed by atoms with Crippen molar-refractivity contribution in [2.24, 2.45) is 62.4 Å². The zero-order chi connectivity index (χ0) is 29.5. The number of amides is 1. The Morgan fingerprint density at radius 2 is 1.55 bits per heavy atom. The van der Waals surface area contributed by atoms with Gasteiger partial charge in [-0.2, -0.15) is 0 Å². The predicted octanol–water partition coefficient (Wildman–Crippen LogP) is 6.91. The van der Waals surface area contributed by atoms with E-state index in [1.807, 2.05) is 0 Å². The molecule has 5 aliphatic carbocycles. The number of aliphatic carboxylic acids is 1. The second-order valence-electron chi connectivity index (χ2n) is 15.9. The number of esters is 1. The molecule has 5 saturated carbocycles. The molecule has 5 aliphatic rings. The quantitative estimate of drug-likeness (QED) is 0.274. The van der Waals surface area contributed by atoms with Gasteiger partial charge < -0.3 is 15.6 Å². The van der Waals surface area contributed by atoms with Gasteiger partial charge in [0.2, 0.25) is 5.91 Å². The molecule has 0 bridgehead atoms. The molecule has 40 heavy (non-hydrogen) atoms. The van der Waals surface area contributed by atoms with Gasteiger partial charge in [-0.15, -0.1) is 0 Å². The first-order valence-electron chi connectivity index (χ1n) is 15.9. The summed E-state index contributed by atoms with van der Waals surface area (Å²) in [7, 11) is 0. The normalized spacial score (nSPS) is 47.1. The molecule has 0 radical (unpaired) electrons. The summed E-state index contributed by atoms with van der Waals surface area (Å²) >= 11 is 0. The molecule has 0 aromatic carbocycles. The summed E-state index contributed by atoms with van der Waals surface area (Å²) in [6.07, 6.45) is 9.96. The number of carbonyl (C=O) groups is 3. The standard InChI is InChI=1S/C34H53NO5/c1-20(2)21-12-17-34(29(35)39)19-18-32(6)22(28(21)34)8-9-24-31(5)15-14-25(40-27(38)11-10-26(36)37)30(3,4)23(31)13-16-33(24,32)7/h21-25,28H,1,8-19H2,2-7H3,(H2,35,39)(H,36,37)/t21-,22+,23-,24+,25-,28+,31-,32+,33+,34-/m0/s1. The summed E-state index contributed by atoms with van der Waals surface area (Å²) in [5, 5.41) is 8.99. The zero-order valence-electron chi connectivity index (χ0n) is 25.8. The summed E-state index contributed by atoms with van der Waals surface area (Å²) in [5.41, 5.74) is 7.37. The Balaban J connectivity index is 1.43. The number of ether oxygens (including phenoxy) is 1. The Morgan fingerprint density at radius 3 is 2.17 bits per heavy atom. The highest BCUT2D eigenvalue weighted by Gasteiger charge is 2.71. The molecule has 6 nitrogen and oxygen atoms in total. The van der Waals surface area contributed by atoms with Crippen LogP contribution in [0.2, 0.25) is 0 Å². The van der Waals surface area contributed by atoms with Crippen molar-refractivity contribution in [3.05, 3.63) is 12.2 Å². The van der Waals surface area contributed by atoms with Crippen molar-refractivity contribution >= 4 is 17.8 Å². The number of primary amides is 1. The number of allylic oxidation sites excluding steroid dienone is 1. The van der Waals surface area contributed by atoms with E-state index in [4.69, 9.17) is 15.6 Å². The van der Waals surface area contributed by atoms with Crippen LogP contribution in [0.4, 0.5) is 0 Å². The molecule has 10 atom stereocenters. The molecule has 0 heterocycles. The summed E-state index contributed by atoms with van der Waals surface area (Å²) in [4.78, 5) is 36.6. The molecular formula is C34H53NO5. The average molecular weight is 556 g/mol. The van der Waals surface area contributed by atoms with Crippen LogP contribution < -0.4 is 5.73 Å². The van der Waals surface area contributed by atoms with Crippen molar-refractivity contribution in [2.45, 2.75) is 125 Å². The highest BCUT2D eigenvalue weighted by atomic mass is 16.5. The topological polar surface area (TPSA) is 107 Å². The van der Waals surface area contributed by atoms with Gasteiger partial charge in [-0.05, 0) is 117 Å². The number of carboxylic acids is 1. The lowest BCUT2D eigenvalue weighted by atomic mass is 9.32. The fraction of sp³-hybridized carbons (Fsp3) is 0.853. The molecule has 6 heteroatoms. The van der Waals surface area contributed by atoms with Gasteiger partial charge in [0.25, 0.3) is 0 Å². The highest BCUT2D eigenvalue weighted by Crippen LogP contribution is 2.77. The second kappa shape index (κ2) is 9.59. The SMILES string of the molecule is C=C(C)[C@@H]1CC[C@]2(C(N)=O)CC[C@]3(C)[C@H](CC[C@@H]4[C@@]5(C)CC[C@H](OC(=O)CCC(=O)O)C(C)(C)[C@@H]5CC[C@]43C)[C@@H]12. The molecule has 0 spiro atoms. The largest absolute Gasteiger partial charge is 0.481 e. The van der Waals surface area contributed by atoms with E-state index in [1.54, 1.807) is 0 Å². The smallest absolute Gasteiger partial charge is 0.306 e. The van der Waals surface area contributed by atoms with Gasteiger partial charge in [-0.25, -0.2) is 0 Å². The average Bonchev–Trinajstić information content (AvgIpc) is 3.26. The van der Waals surface area contributed by atoms with Gasteiger partial charge in [-0.3, -0.25) is 14.4 Å². The minimum absolute atomic E-state index is 0.0660. The number of hydrogen-bond acceptors (Lipinski definition) is 4. The molecule has 5 rings (SSSR count). The summed E-state index contributed by atoms with van der Waals surface area (Å²) < 4.78 is 5.98. The Hall–Kier alpha value is -1.85. The lowest BCUT2D eigenvalue weighted by molar-refractivity contribution is -0.248. The Morgan fingerprint density at radius 1 is 0.850 bits per heavy atom. The minimum Gasteiger partial charge on any atom is -0.481 e. The number of carboxylic acid groups (broad SMARTS) is 1. The van der Waals surface area contributed by atoms with E-state index < -0.39 is 5.97 Å². The van der Waals surface area contributed by atoms with Crippen LogP contribution in [0.15, 0.2) is 12.2 Å². The monoisotopic (exact) mass is 555 g/mol. The van der Waals surface area contributed by atoms with Crippen LogP contribution in [-0.2, 0) is 19.1 Å². The molecule has 0 aliphatic heterocycles. The molecule has 0 aromatic rings. The third-order valence-corrected chi connectivity index (χ3v) is 14.3. The molecule has 1 amide bonds. The second-order valence-corrected chi connectivity index (χ2v) is 15.9. The first-order valence-corrected chi connectivity index (χ1v) is 15.9. The maximum Gasteiger partial charge on any atom is 0.306 e. The molecule has 224 valence electrons. The van der Waals surface area contributed by atoms with Crippen molar-refractivity contribution in [2.75, 3.05) is 0 Å². The maximum absolute atomic E-state index is 13.1. The van der Waals surface area contributed by atoms with E-state index in [0.29, 0.717) is 29.6 Å². The van der Waals surface area contributed by atoms with Gasteiger partial charge in [0.15, 0.2) is 0 Å². The molecule has 5 fully saturated rings. The van der Waals surface area contributed by atoms with Gasteiger partial charge in [0, 0.05) is 5.41 Å². The van der Waals surface area contributed by atoms with Crippen LogP contribution in [0, 0.1) is 56.7 Å². The summed E-state index contributed by atoms with van der Waals surface area (Å²) in [6, 6.07) is 0. The van der Waals surface area contributed by atoms with Crippen LogP contribution in [-0.4, -0.2) is 29.1 Å². The van der Waals surface area contributed by atoms with Crippen molar-refractivity contribution in [3.8, 4) is 0 Å². The van der Waals surface area contributed by atoms with E-state index in [1.165, 1.54) is 12.0 Å². The van der Waals surface area contributed by atoms with Crippen LogP contribution in [0.25, 0.3) is 0 Å². The van der Waals surface area contributed by atoms with Crippen molar-refractivity contribution in [3.63, 3.8) is 0 Å². The summed E-state index contributed by atoms with van der Waals surface area (Å²) in [6.45, 7) is 18.8. The van der Waals surface area contributed by atoms with E-state index in [0.717, 1.165) is 57.8 Å². The third kappa shape index (κ3) is 3.96. The third-order valence-electron chi connectivity index (χ3n) is 14.3. The molecule has 3 N–H and O–H groups in total. The highest BCUT2D eigenvalue weighted by molar-refractivity contribution is 5.82. The molecule has 0 unspecified atom stereocenters. The van der Waals surface area contributed by atoms with Gasteiger partial charge in [0.1, 0.15) is 6.10 Å². The predicted molar refractivity (Wildman–Crippen MR) is 155 cm³/mol. The number of fused-ring (bicyclic) bond motifs is 7. The first kappa shape index (κ1) is 29.6. The van der Waals surface area contributed by atoms with Gasteiger partial charge in [-0.1, -0.05) is 46.8 Å². The van der Waals surface area contributed by atoms with Crippen molar-refractivity contribution in [1.29, 1.82) is 0 Å². The minimum atomic E-state index is -0.967. The van der Waals surface area contributed by atoms with E-state index in [9.17, 15) is 14.4 Å². The Labute approximate surface area is 241 Å². The fourth-order valence-corrected chi connectivity index (χ4v) is 12.2. The van der Waals surface area contributed by atoms with E-state index in [-0.39, 0.29) is 57.9 Å². The Bertz CT molecular complexity index is 1100. The number of carbonyl (C=O) groups excluding carboxylic acids is 2. The van der Waals surface area contributed by atoms with Crippen LogP contribution in [0.3, 0.4) is 0 Å². The van der Waals surface area contributed by atoms with Crippen molar-refractivity contribution in [1.82, 2.24) is 0 Å². The van der Waals surface area contributed by atoms with Crippen LogP contribution >= 0.6 is 0 Å². The number of nitrogens with two attached hydrogens (primary N) is 1. The van der Waals surface area contributed by atoms with Gasteiger partial charge >= 0.3 is 11.9 Å². The van der Waals surface area contributed by atoms with Crippen LogP contribution in [0.1, 0.15) is 119 Å². The first-order chi connectivity index (χ1) is 18.5.